The number of nitrogens with two attached hydrogens (primary N) is 1. The van der Waals surface area contributed by atoms with Crippen LogP contribution in [0.15, 0.2) is 12.4 Å². The van der Waals surface area contributed by atoms with Crippen LogP contribution in [0.1, 0.15) is 32.0 Å². The van der Waals surface area contributed by atoms with Gasteiger partial charge in [-0.3, -0.25) is 0 Å². The zero-order valence-electron chi connectivity index (χ0n) is 8.33. The first-order chi connectivity index (χ1) is 6.12. The van der Waals surface area contributed by atoms with Crippen LogP contribution in [0.2, 0.25) is 0 Å². The van der Waals surface area contributed by atoms with Gasteiger partial charge in [-0.1, -0.05) is 6.92 Å². The van der Waals surface area contributed by atoms with Gasteiger partial charge >= 0.3 is 0 Å². The van der Waals surface area contributed by atoms with Crippen molar-refractivity contribution in [2.75, 3.05) is 0 Å². The first-order valence-corrected chi connectivity index (χ1v) is 4.85. The van der Waals surface area contributed by atoms with E-state index in [0.29, 0.717) is 6.04 Å². The van der Waals surface area contributed by atoms with Crippen molar-refractivity contribution in [3.05, 3.63) is 18.2 Å². The Kier molecular flexibility index (Phi) is 1.91. The lowest BCUT2D eigenvalue weighted by Gasteiger charge is -2.23. The monoisotopic (exact) mass is 179 g/mol. The van der Waals surface area contributed by atoms with Gasteiger partial charge in [0.05, 0.1) is 0 Å². The highest BCUT2D eigenvalue weighted by molar-refractivity contribution is 5.12. The minimum absolute atomic E-state index is 0.206. The number of imidazole rings is 1. The van der Waals surface area contributed by atoms with Crippen molar-refractivity contribution in [1.29, 1.82) is 0 Å². The lowest BCUT2D eigenvalue weighted by molar-refractivity contribution is 0.437. The Morgan fingerprint density at radius 3 is 2.92 bits per heavy atom. The number of hydrogen-bond acceptors (Lipinski definition) is 2. The summed E-state index contributed by atoms with van der Waals surface area (Å²) in [5.41, 5.74) is 6.14. The van der Waals surface area contributed by atoms with Gasteiger partial charge in [0, 0.05) is 30.9 Å². The lowest BCUT2D eigenvalue weighted by atomic mass is 9.87. The molecular weight excluding hydrogens is 162 g/mol. The molecule has 3 nitrogen and oxygen atoms in total. The highest BCUT2D eigenvalue weighted by atomic mass is 15.0. The van der Waals surface area contributed by atoms with Crippen molar-refractivity contribution in [3.63, 3.8) is 0 Å². The molecular formula is C10H17N3. The van der Waals surface area contributed by atoms with E-state index < -0.39 is 0 Å². The van der Waals surface area contributed by atoms with Crippen molar-refractivity contribution in [2.45, 2.75) is 37.6 Å². The quantitative estimate of drug-likeness (QED) is 0.703. The third-order valence-electron chi connectivity index (χ3n) is 3.14. The van der Waals surface area contributed by atoms with Crippen LogP contribution < -0.4 is 5.73 Å². The molecule has 0 saturated heterocycles. The summed E-state index contributed by atoms with van der Waals surface area (Å²) < 4.78 is 2.11. The molecule has 1 aromatic rings. The number of aromatic nitrogens is 2. The van der Waals surface area contributed by atoms with Crippen LogP contribution in [0.4, 0.5) is 0 Å². The van der Waals surface area contributed by atoms with Crippen LogP contribution in [0, 0.1) is 0 Å². The number of nitrogens with zero attached hydrogens (tertiary/aromatic N) is 2. The molecule has 1 fully saturated rings. The molecule has 1 saturated carbocycles. The molecule has 0 amide bonds. The predicted octanol–water partition coefficient (Wildman–Crippen LogP) is 1.19. The van der Waals surface area contributed by atoms with Gasteiger partial charge in [0.25, 0.3) is 0 Å². The maximum atomic E-state index is 5.93. The van der Waals surface area contributed by atoms with Crippen LogP contribution >= 0.6 is 0 Å². The van der Waals surface area contributed by atoms with Gasteiger partial charge in [-0.2, -0.15) is 0 Å². The standard InChI is InChI=1S/C10H17N3/c1-10(4-3-8(11)7-10)9-12-5-6-13(9)2/h5-6,8H,3-4,7,11H2,1-2H3. The Balaban J connectivity index is 2.30. The number of rotatable bonds is 1. The van der Waals surface area contributed by atoms with Crippen molar-refractivity contribution in [3.8, 4) is 0 Å². The molecule has 0 spiro atoms. The van der Waals surface area contributed by atoms with Crippen LogP contribution in [0.25, 0.3) is 0 Å². The highest BCUT2D eigenvalue weighted by Gasteiger charge is 2.37. The minimum Gasteiger partial charge on any atom is -0.338 e. The van der Waals surface area contributed by atoms with Crippen LogP contribution in [-0.4, -0.2) is 15.6 Å². The van der Waals surface area contributed by atoms with Gasteiger partial charge in [-0.25, -0.2) is 4.98 Å². The number of hydrogen-bond donors (Lipinski definition) is 1. The van der Waals surface area contributed by atoms with E-state index in [9.17, 15) is 0 Å². The Bertz CT molecular complexity index is 305. The highest BCUT2D eigenvalue weighted by Crippen LogP contribution is 2.38. The second kappa shape index (κ2) is 2.84. The SMILES string of the molecule is Cn1ccnc1C1(C)CCC(N)C1. The van der Waals surface area contributed by atoms with E-state index in [0.717, 1.165) is 12.8 Å². The molecule has 1 aliphatic carbocycles. The molecule has 13 heavy (non-hydrogen) atoms. The topological polar surface area (TPSA) is 43.8 Å². The van der Waals surface area contributed by atoms with Crippen molar-refractivity contribution < 1.29 is 0 Å². The molecule has 0 radical (unpaired) electrons. The molecule has 1 aliphatic rings. The summed E-state index contributed by atoms with van der Waals surface area (Å²) in [4.78, 5) is 4.41. The molecule has 0 aromatic carbocycles. The van der Waals surface area contributed by atoms with Crippen LogP contribution in [0.3, 0.4) is 0 Å². The van der Waals surface area contributed by atoms with Gasteiger partial charge in [0.1, 0.15) is 5.82 Å². The van der Waals surface area contributed by atoms with E-state index in [1.165, 1.54) is 12.2 Å². The van der Waals surface area contributed by atoms with E-state index in [1.807, 2.05) is 12.4 Å². The molecule has 2 rings (SSSR count). The fraction of sp³-hybridized carbons (Fsp3) is 0.700. The molecule has 2 N–H and O–H groups in total. The average molecular weight is 179 g/mol. The third-order valence-corrected chi connectivity index (χ3v) is 3.14. The fourth-order valence-corrected chi connectivity index (χ4v) is 2.44. The van der Waals surface area contributed by atoms with E-state index in [1.54, 1.807) is 0 Å². The van der Waals surface area contributed by atoms with Crippen molar-refractivity contribution in [1.82, 2.24) is 9.55 Å². The smallest absolute Gasteiger partial charge is 0.114 e. The van der Waals surface area contributed by atoms with Gasteiger partial charge in [-0.15, -0.1) is 0 Å². The Hall–Kier alpha value is -0.830. The molecule has 2 atom stereocenters. The van der Waals surface area contributed by atoms with Gasteiger partial charge in [0.2, 0.25) is 0 Å². The summed E-state index contributed by atoms with van der Waals surface area (Å²) in [5.74, 6) is 1.18. The average Bonchev–Trinajstić information content (AvgIpc) is 2.59. The minimum atomic E-state index is 0.206. The molecule has 0 aliphatic heterocycles. The number of aryl methyl sites for hydroxylation is 1. The fourth-order valence-electron chi connectivity index (χ4n) is 2.44. The predicted molar refractivity (Wildman–Crippen MR) is 52.4 cm³/mol. The molecule has 0 bridgehead atoms. The van der Waals surface area contributed by atoms with Gasteiger partial charge in [0.15, 0.2) is 0 Å². The van der Waals surface area contributed by atoms with E-state index in [4.69, 9.17) is 5.73 Å². The largest absolute Gasteiger partial charge is 0.338 e. The maximum absolute atomic E-state index is 5.93. The molecule has 2 unspecified atom stereocenters. The Morgan fingerprint density at radius 2 is 2.46 bits per heavy atom. The Morgan fingerprint density at radius 1 is 1.69 bits per heavy atom. The summed E-state index contributed by atoms with van der Waals surface area (Å²) >= 11 is 0. The normalized spacial score (nSPS) is 33.9. The van der Waals surface area contributed by atoms with Crippen molar-refractivity contribution >= 4 is 0 Å². The second-order valence-electron chi connectivity index (χ2n) is 4.43. The molecule has 1 heterocycles. The lowest BCUT2D eigenvalue weighted by Crippen LogP contribution is -2.25. The van der Waals surface area contributed by atoms with Crippen LogP contribution in [-0.2, 0) is 12.5 Å². The van der Waals surface area contributed by atoms with Crippen LogP contribution in [0.5, 0.6) is 0 Å². The maximum Gasteiger partial charge on any atom is 0.114 e. The first kappa shape index (κ1) is 8.75. The summed E-state index contributed by atoms with van der Waals surface area (Å²) in [6, 6.07) is 0.363. The molecule has 3 heteroatoms. The summed E-state index contributed by atoms with van der Waals surface area (Å²) in [7, 11) is 2.05. The van der Waals surface area contributed by atoms with E-state index in [-0.39, 0.29) is 5.41 Å². The summed E-state index contributed by atoms with van der Waals surface area (Å²) in [6.07, 6.45) is 7.23. The zero-order valence-corrected chi connectivity index (χ0v) is 8.33. The second-order valence-corrected chi connectivity index (χ2v) is 4.43. The van der Waals surface area contributed by atoms with E-state index >= 15 is 0 Å². The Labute approximate surface area is 79.0 Å². The third kappa shape index (κ3) is 1.37. The first-order valence-electron chi connectivity index (χ1n) is 4.85. The zero-order chi connectivity index (χ0) is 9.47. The van der Waals surface area contributed by atoms with E-state index in [2.05, 4.69) is 23.5 Å². The van der Waals surface area contributed by atoms with Crippen molar-refractivity contribution in [2.24, 2.45) is 12.8 Å². The summed E-state index contributed by atoms with van der Waals surface area (Å²) in [5, 5.41) is 0. The molecule has 1 aromatic heterocycles. The van der Waals surface area contributed by atoms with Gasteiger partial charge < -0.3 is 10.3 Å². The summed E-state index contributed by atoms with van der Waals surface area (Å²) in [6.45, 7) is 2.27. The van der Waals surface area contributed by atoms with Gasteiger partial charge in [-0.05, 0) is 19.3 Å². The molecule has 72 valence electrons.